The number of hydrogen-bond donors (Lipinski definition) is 0. The van der Waals surface area contributed by atoms with E-state index in [4.69, 9.17) is 55.9 Å². The average Bonchev–Trinajstić information content (AvgIpc) is 0.819. The quantitative estimate of drug-likeness (QED) is 0.0114. The molecule has 18 nitrogen and oxygen atoms in total. The van der Waals surface area contributed by atoms with Gasteiger partial charge in [-0.3, -0.25) is 0 Å². The molecule has 0 fully saturated rings. The van der Waals surface area contributed by atoms with Crippen molar-refractivity contribution in [3.63, 3.8) is 0 Å². The normalized spacial score (nSPS) is 11.5. The van der Waals surface area contributed by atoms with Crippen LogP contribution < -0.4 is 45.3 Å². The Hall–Kier alpha value is -9.78. The predicted octanol–water partition coefficient (Wildman–Crippen LogP) is 18.8. The van der Waals surface area contributed by atoms with Crippen molar-refractivity contribution in [1.29, 1.82) is 0 Å². The van der Waals surface area contributed by atoms with Gasteiger partial charge < -0.3 is 55.9 Å². The molecule has 105 heavy (non-hydrogen) atoms. The van der Waals surface area contributed by atoms with E-state index < -0.39 is 86.4 Å². The number of ether oxygens (including phenoxy) is 9. The lowest BCUT2D eigenvalue weighted by Gasteiger charge is -2.18. The summed E-state index contributed by atoms with van der Waals surface area (Å²) in [5.41, 5.74) is -3.09. The Labute approximate surface area is 602 Å². The summed E-state index contributed by atoms with van der Waals surface area (Å²) in [4.78, 5) is 72.9. The van der Waals surface area contributed by atoms with Gasteiger partial charge in [0.05, 0.1) is 49.7 Å². The van der Waals surface area contributed by atoms with Gasteiger partial charge >= 0.3 is 34.8 Å². The maximum Gasteiger partial charge on any atom is 0.346 e. The molecule has 0 spiro atoms. The van der Waals surface area contributed by atoms with Crippen LogP contribution in [0.2, 0.25) is 0 Å². The molecule has 0 bridgehead atoms. The number of hydrogen-bond acceptors (Lipinski definition) is 18. The Balaban J connectivity index is 0.603. The lowest BCUT2D eigenvalue weighted by atomic mass is 10.1. The number of esters is 3. The first-order valence-corrected chi connectivity index (χ1v) is 36.0. The van der Waals surface area contributed by atoms with Crippen LogP contribution in [0.3, 0.4) is 0 Å². The molecule has 0 aliphatic carbocycles. The van der Waals surface area contributed by atoms with E-state index >= 15 is 0 Å². The number of rotatable bonds is 47. The van der Waals surface area contributed by atoms with Crippen LogP contribution in [0.25, 0.3) is 32.9 Å². The third kappa shape index (κ3) is 25.2. The molecule has 560 valence electrons. The van der Waals surface area contributed by atoms with E-state index in [9.17, 15) is 55.1 Å². The zero-order valence-corrected chi connectivity index (χ0v) is 58.4. The molecule has 24 heteroatoms. The second kappa shape index (κ2) is 42.2. The zero-order chi connectivity index (χ0) is 74.1. The second-order valence-electron chi connectivity index (χ2n) is 25.4. The highest BCUT2D eigenvalue weighted by Crippen LogP contribution is 2.31. The van der Waals surface area contributed by atoms with Gasteiger partial charge in [-0.1, -0.05) is 116 Å². The molecule has 0 aliphatic heterocycles. The summed E-state index contributed by atoms with van der Waals surface area (Å²) in [7, 11) is 0. The van der Waals surface area contributed by atoms with Crippen LogP contribution in [-0.2, 0) is 14.2 Å². The fraction of sp³-hybridized carbons (Fsp3) is 0.407. The Morgan fingerprint density at radius 3 is 0.848 bits per heavy atom. The number of carbonyl (C=O) groups is 3. The summed E-state index contributed by atoms with van der Waals surface area (Å²) >= 11 is 0. The third-order valence-corrected chi connectivity index (χ3v) is 17.4. The van der Waals surface area contributed by atoms with Gasteiger partial charge in [0.25, 0.3) is 0 Å². The summed E-state index contributed by atoms with van der Waals surface area (Å²) in [6, 6.07) is 28.2. The number of halogens is 6. The van der Waals surface area contributed by atoms with E-state index in [1.54, 1.807) is 36.4 Å². The molecule has 0 unspecified atom stereocenters. The van der Waals surface area contributed by atoms with E-state index in [0.29, 0.717) is 68.5 Å². The van der Waals surface area contributed by atoms with Crippen molar-refractivity contribution < 1.29 is 96.6 Å². The minimum absolute atomic E-state index is 0.00720. The number of unbranched alkanes of at least 4 members (excludes halogenated alkanes) is 21. The Morgan fingerprint density at radius 2 is 0.552 bits per heavy atom. The van der Waals surface area contributed by atoms with Gasteiger partial charge in [0.15, 0.2) is 34.7 Å². The molecule has 3 aromatic heterocycles. The van der Waals surface area contributed by atoms with Crippen molar-refractivity contribution in [1.82, 2.24) is 0 Å². The predicted molar refractivity (Wildman–Crippen MR) is 380 cm³/mol. The zero-order valence-electron chi connectivity index (χ0n) is 58.4. The SMILES string of the molecule is O=C(Oc1ccc2ccc(=O)oc2c1)c1ccc(OCCCCCCCCCCOCC(COCCCCCCCCCCOc2ccc(C(=O)Oc3ccc4ccc(=O)oc4c3)c(F)c2F)OCCCCCCCCCCOc2ccc(C(=O)Oc3ccc4ccc(=O)oc4c3)c(F)c2F)c(F)c1F. The van der Waals surface area contributed by atoms with Crippen molar-refractivity contribution in [3.05, 3.63) is 210 Å². The molecule has 0 aliphatic rings. The second-order valence-corrected chi connectivity index (χ2v) is 25.4. The molecule has 9 aromatic rings. The highest BCUT2D eigenvalue weighted by atomic mass is 19.2. The van der Waals surface area contributed by atoms with Crippen LogP contribution in [0.4, 0.5) is 26.3 Å². The van der Waals surface area contributed by atoms with Crippen LogP contribution in [0.15, 0.2) is 155 Å². The molecule has 0 saturated heterocycles. The molecule has 6 aromatic carbocycles. The molecule has 0 amide bonds. The van der Waals surface area contributed by atoms with Crippen molar-refractivity contribution in [2.75, 3.05) is 52.9 Å². The van der Waals surface area contributed by atoms with Gasteiger partial charge in [-0.05, 0) is 130 Å². The monoisotopic (exact) mass is 1460 g/mol. The molecule has 0 N–H and O–H groups in total. The molecule has 0 atom stereocenters. The van der Waals surface area contributed by atoms with Crippen molar-refractivity contribution in [3.8, 4) is 34.5 Å². The summed E-state index contributed by atoms with van der Waals surface area (Å²) in [5, 5.41) is 1.77. The van der Waals surface area contributed by atoms with E-state index in [1.165, 1.54) is 72.8 Å². The maximum absolute atomic E-state index is 15.0. The fourth-order valence-electron chi connectivity index (χ4n) is 11.6. The Morgan fingerprint density at radius 1 is 0.295 bits per heavy atom. The van der Waals surface area contributed by atoms with Crippen LogP contribution >= 0.6 is 0 Å². The molecule has 3 heterocycles. The van der Waals surface area contributed by atoms with Crippen molar-refractivity contribution in [2.24, 2.45) is 0 Å². The number of carbonyl (C=O) groups excluding carboxylic acids is 3. The molecular weight excluding hydrogens is 1370 g/mol. The first-order chi connectivity index (χ1) is 51.1. The molecular formula is C81H86F6O18. The molecule has 0 saturated carbocycles. The first kappa shape index (κ1) is 79.3. The lowest BCUT2D eigenvalue weighted by Crippen LogP contribution is -2.26. The van der Waals surface area contributed by atoms with Crippen molar-refractivity contribution in [2.45, 2.75) is 160 Å². The fourth-order valence-corrected chi connectivity index (χ4v) is 11.6. The van der Waals surface area contributed by atoms with Gasteiger partial charge in [0.1, 0.15) is 40.1 Å². The van der Waals surface area contributed by atoms with Crippen LogP contribution in [0.1, 0.15) is 185 Å². The van der Waals surface area contributed by atoms with E-state index in [2.05, 4.69) is 0 Å². The van der Waals surface area contributed by atoms with Crippen LogP contribution in [-0.4, -0.2) is 76.9 Å². The highest BCUT2D eigenvalue weighted by molar-refractivity contribution is 5.94. The van der Waals surface area contributed by atoms with E-state index in [0.717, 1.165) is 153 Å². The van der Waals surface area contributed by atoms with Crippen LogP contribution in [0, 0.1) is 34.9 Å². The molecule has 0 radical (unpaired) electrons. The number of fused-ring (bicyclic) bond motifs is 3. The lowest BCUT2D eigenvalue weighted by molar-refractivity contribution is -0.0616. The first-order valence-electron chi connectivity index (χ1n) is 36.0. The van der Waals surface area contributed by atoms with Gasteiger partial charge in [-0.2, -0.15) is 13.2 Å². The number of benzene rings is 6. The van der Waals surface area contributed by atoms with Crippen molar-refractivity contribution >= 4 is 50.8 Å². The Kier molecular flexibility index (Phi) is 31.9. The van der Waals surface area contributed by atoms with Gasteiger partial charge in [-0.15, -0.1) is 0 Å². The van der Waals surface area contributed by atoms with Crippen LogP contribution in [0.5, 0.6) is 34.5 Å². The van der Waals surface area contributed by atoms with Gasteiger partial charge in [0.2, 0.25) is 17.5 Å². The molecule has 9 rings (SSSR count). The largest absolute Gasteiger partial charge is 0.490 e. The average molecular weight is 1460 g/mol. The minimum Gasteiger partial charge on any atom is -0.490 e. The Bertz CT molecular complexity index is 4310. The topological polar surface area (TPSA) is 225 Å². The third-order valence-electron chi connectivity index (χ3n) is 17.4. The summed E-state index contributed by atoms with van der Waals surface area (Å²) in [5.74, 6) is -12.4. The van der Waals surface area contributed by atoms with Gasteiger partial charge in [-0.25, -0.2) is 41.9 Å². The van der Waals surface area contributed by atoms with Gasteiger partial charge in [0, 0.05) is 72.4 Å². The smallest absolute Gasteiger partial charge is 0.346 e. The summed E-state index contributed by atoms with van der Waals surface area (Å²) in [6.45, 7) is 3.07. The summed E-state index contributed by atoms with van der Waals surface area (Å²) < 4.78 is 156. The van der Waals surface area contributed by atoms with E-state index in [-0.39, 0.29) is 77.2 Å². The highest BCUT2D eigenvalue weighted by Gasteiger charge is 2.25. The summed E-state index contributed by atoms with van der Waals surface area (Å²) in [6.07, 6.45) is 21.9. The standard InChI is InChI=1S/C81H86F6O18/c82-73-61(79(91)100-57-31-25-54-28-40-70(88)103-67(54)49-57)34-37-64(76(73)85)97-46-22-16-10-3-1-7-13-19-43-94-52-60(96-45-21-15-9-5-6-12-18-24-48-99-66-39-36-63(75(84)78(66)87)81(93)102-59-33-27-56-30-42-72(90)105-69(56)51-59)53-95-44-20-14-8-2-4-11-17-23-47-98-65-38-35-62(74(83)77(65)86)80(92)101-58-32-26-55-29-41-71(89)104-68(55)50-58/h25-42,49-51,60H,1-24,43-48,52-53H2. The maximum atomic E-state index is 15.0. The van der Waals surface area contributed by atoms with E-state index in [1.807, 2.05) is 0 Å². The minimum atomic E-state index is -1.39.